The first-order valence-corrected chi connectivity index (χ1v) is 29.3. The fourth-order valence-electron chi connectivity index (χ4n) is 12.3. The van der Waals surface area contributed by atoms with E-state index in [4.69, 9.17) is 42.1 Å². The van der Waals surface area contributed by atoms with Crippen LogP contribution in [-0.4, -0.2) is 194 Å². The monoisotopic (exact) mass is 1140 g/mol. The summed E-state index contributed by atoms with van der Waals surface area (Å²) in [6, 6.07) is 3.31. The standard InChI is InChI=1S/C56H89N3O19S/c1-15-41-56(10,67)48(63)32(4)44(60)30(2)26-54(8,70-13)49(77-53-46(62)40(58(11)12)23-31(3)73-53)33(5)47(34(6)52(66)75-41)76-42-27-55(9,71-14)50(35(7)74-42)78-79(68,69)22-19-57-18-16-17-36-24-37-29-72-21-20-59-28-39(51(64)65)45(61)38(25-36)43(37)59/h24-25,28,30-35,40-42,46-50,53,57,62-63,67H,15-23,26-27,29H2,1-14H3,(H,64,65)/t30-,31-,32+,33+,34-,35+,40+,41-,42+,46-,47+,48-,49-,50+,53+,54-,55-,56-/m1/s1. The van der Waals surface area contributed by atoms with Gasteiger partial charge in [-0.05, 0) is 106 Å². The van der Waals surface area contributed by atoms with Gasteiger partial charge in [-0.25, -0.2) is 4.79 Å². The number of ketones is 1. The van der Waals surface area contributed by atoms with Gasteiger partial charge in [-0.3, -0.25) is 18.6 Å². The molecule has 4 aliphatic heterocycles. The Morgan fingerprint density at radius 3 is 2.23 bits per heavy atom. The maximum atomic E-state index is 14.6. The van der Waals surface area contributed by atoms with Crippen molar-refractivity contribution in [2.45, 2.75) is 205 Å². The molecule has 5 N–H and O–H groups in total. The zero-order valence-corrected chi connectivity index (χ0v) is 49.4. The zero-order valence-electron chi connectivity index (χ0n) is 48.6. The Morgan fingerprint density at radius 2 is 1.59 bits per heavy atom. The van der Waals surface area contributed by atoms with Crippen LogP contribution in [0.4, 0.5) is 0 Å². The Morgan fingerprint density at radius 1 is 0.924 bits per heavy atom. The third kappa shape index (κ3) is 14.5. The first-order valence-electron chi connectivity index (χ1n) is 27.8. The summed E-state index contributed by atoms with van der Waals surface area (Å²) in [6.45, 7) is 18.1. The van der Waals surface area contributed by atoms with Crippen LogP contribution in [0.2, 0.25) is 0 Å². The number of likely N-dealkylation sites (N-methyl/N-ethyl adjacent to an activating group) is 1. The molecule has 0 amide bonds. The molecule has 3 saturated heterocycles. The van der Waals surface area contributed by atoms with Crippen LogP contribution in [0, 0.1) is 23.7 Å². The molecule has 0 bridgehead atoms. The van der Waals surface area contributed by atoms with Gasteiger partial charge in [0.1, 0.15) is 35.3 Å². The number of esters is 1. The van der Waals surface area contributed by atoms with Crippen LogP contribution in [-0.2, 0) is 81.4 Å². The number of carbonyl (C=O) groups is 3. The summed E-state index contributed by atoms with van der Waals surface area (Å²) < 4.78 is 85.9. The lowest BCUT2D eigenvalue weighted by Crippen LogP contribution is -2.62. The summed E-state index contributed by atoms with van der Waals surface area (Å²) in [5.74, 6) is -6.75. The largest absolute Gasteiger partial charge is 0.477 e. The Kier molecular flexibility index (Phi) is 21.6. The lowest BCUT2D eigenvalue weighted by atomic mass is 9.74. The van der Waals surface area contributed by atoms with Gasteiger partial charge in [0.05, 0.1) is 72.1 Å². The number of methoxy groups -OCH3 is 2. The van der Waals surface area contributed by atoms with Gasteiger partial charge in [0.15, 0.2) is 12.6 Å². The number of hydrogen-bond donors (Lipinski definition) is 5. The van der Waals surface area contributed by atoms with E-state index in [9.17, 15) is 48.0 Å². The molecule has 0 radical (unpaired) electrons. The van der Waals surface area contributed by atoms with E-state index >= 15 is 0 Å². The highest BCUT2D eigenvalue weighted by atomic mass is 32.2. The Balaban J connectivity index is 1.21. The number of carbonyl (C=O) groups excluding carboxylic acids is 2. The molecule has 0 saturated carbocycles. The van der Waals surface area contributed by atoms with Crippen molar-refractivity contribution in [3.8, 4) is 0 Å². The lowest BCUT2D eigenvalue weighted by molar-refractivity contribution is -0.317. The molecule has 5 heterocycles. The molecule has 6 rings (SSSR count). The van der Waals surface area contributed by atoms with Gasteiger partial charge in [0, 0.05) is 74.7 Å². The van der Waals surface area contributed by atoms with Crippen LogP contribution < -0.4 is 10.7 Å². The molecule has 448 valence electrons. The van der Waals surface area contributed by atoms with Gasteiger partial charge in [0.25, 0.3) is 10.1 Å². The predicted molar refractivity (Wildman–Crippen MR) is 290 cm³/mol. The van der Waals surface area contributed by atoms with Crippen LogP contribution >= 0.6 is 0 Å². The van der Waals surface area contributed by atoms with Crippen molar-refractivity contribution in [3.63, 3.8) is 0 Å². The topological polar surface area (TPSA) is 287 Å². The van der Waals surface area contributed by atoms with Gasteiger partial charge in [-0.15, -0.1) is 0 Å². The molecule has 1 aromatic carbocycles. The molecule has 18 atom stereocenters. The highest BCUT2D eigenvalue weighted by molar-refractivity contribution is 7.86. The average Bonchev–Trinajstić information content (AvgIpc) is 3.62. The van der Waals surface area contributed by atoms with E-state index in [1.165, 1.54) is 34.3 Å². The zero-order chi connectivity index (χ0) is 58.7. The van der Waals surface area contributed by atoms with E-state index in [-0.39, 0.29) is 55.9 Å². The van der Waals surface area contributed by atoms with E-state index in [0.29, 0.717) is 49.9 Å². The number of nitrogens with zero attached hydrogens (tertiary/aromatic N) is 2. The number of hydrogen-bond acceptors (Lipinski definition) is 20. The summed E-state index contributed by atoms with van der Waals surface area (Å²) in [7, 11) is 2.37. The molecule has 0 aliphatic carbocycles. The number of carboxylic acid groups (broad SMARTS) is 1. The molecule has 79 heavy (non-hydrogen) atoms. The van der Waals surface area contributed by atoms with E-state index in [1.54, 1.807) is 59.1 Å². The van der Waals surface area contributed by atoms with Gasteiger partial charge in [-0.1, -0.05) is 33.8 Å². The Hall–Kier alpha value is -3.53. The summed E-state index contributed by atoms with van der Waals surface area (Å²) >= 11 is 0. The maximum Gasteiger partial charge on any atom is 0.341 e. The van der Waals surface area contributed by atoms with Crippen LogP contribution in [0.1, 0.15) is 123 Å². The molecule has 0 spiro atoms. The number of cyclic esters (lactones) is 1. The van der Waals surface area contributed by atoms with Crippen molar-refractivity contribution in [1.82, 2.24) is 14.8 Å². The second-order valence-electron chi connectivity index (χ2n) is 23.4. The number of pyridine rings is 1. The van der Waals surface area contributed by atoms with Crippen LogP contribution in [0.3, 0.4) is 0 Å². The number of aromatic carboxylic acids is 1. The van der Waals surface area contributed by atoms with Gasteiger partial charge >= 0.3 is 11.9 Å². The number of nitrogens with one attached hydrogen (secondary N) is 1. The predicted octanol–water partition coefficient (Wildman–Crippen LogP) is 3.56. The van der Waals surface area contributed by atoms with Gasteiger partial charge < -0.3 is 73.1 Å². The second kappa shape index (κ2) is 26.4. The normalized spacial score (nSPS) is 37.4. The number of Topliss-reactive ketones (excluding diaryl/α,β-unsaturated/α-hetero) is 1. The van der Waals surface area contributed by atoms with Crippen LogP contribution in [0.25, 0.3) is 10.9 Å². The Labute approximate surface area is 465 Å². The second-order valence-corrected chi connectivity index (χ2v) is 25.1. The molecule has 23 heteroatoms. The van der Waals surface area contributed by atoms with E-state index < -0.39 is 129 Å². The number of aliphatic hydroxyl groups excluding tert-OH is 2. The third-order valence-corrected chi connectivity index (χ3v) is 18.3. The van der Waals surface area contributed by atoms with Crippen molar-refractivity contribution in [1.29, 1.82) is 0 Å². The average molecular weight is 1140 g/mol. The molecule has 2 aromatic rings. The van der Waals surface area contributed by atoms with Crippen molar-refractivity contribution in [3.05, 3.63) is 45.2 Å². The number of aryl methyl sites for hydroxylation is 1. The minimum atomic E-state index is -4.22. The summed E-state index contributed by atoms with van der Waals surface area (Å²) in [5.41, 5.74) is -3.39. The fourth-order valence-corrected chi connectivity index (χ4v) is 13.5. The smallest absolute Gasteiger partial charge is 0.341 e. The number of ether oxygens (including phenoxy) is 8. The number of aliphatic hydroxyl groups is 3. The third-order valence-electron chi connectivity index (χ3n) is 17.1. The number of aromatic nitrogens is 1. The quantitative estimate of drug-likeness (QED) is 0.0810. The highest BCUT2D eigenvalue weighted by Gasteiger charge is 2.55. The molecule has 3 fully saturated rings. The van der Waals surface area contributed by atoms with Crippen molar-refractivity contribution in [2.24, 2.45) is 23.7 Å². The minimum absolute atomic E-state index is 0.0290. The highest BCUT2D eigenvalue weighted by Crippen LogP contribution is 2.43. The molecule has 0 unspecified atom stereocenters. The van der Waals surface area contributed by atoms with Crippen molar-refractivity contribution >= 4 is 38.7 Å². The van der Waals surface area contributed by atoms with Gasteiger partial charge in [-0.2, -0.15) is 8.42 Å². The number of rotatable bonds is 18. The molecule has 22 nitrogen and oxygen atoms in total. The number of carboxylic acids is 1. The van der Waals surface area contributed by atoms with Crippen molar-refractivity contribution in [2.75, 3.05) is 53.8 Å². The van der Waals surface area contributed by atoms with Crippen LogP contribution in [0.5, 0.6) is 0 Å². The molecule has 1 aromatic heterocycles. The number of benzene rings is 1. The van der Waals surface area contributed by atoms with E-state index in [0.717, 1.165) is 11.1 Å². The summed E-state index contributed by atoms with van der Waals surface area (Å²) in [4.78, 5) is 55.8. The van der Waals surface area contributed by atoms with Crippen molar-refractivity contribution < 1.29 is 85.3 Å². The first-order chi connectivity index (χ1) is 36.9. The minimum Gasteiger partial charge on any atom is -0.477 e. The summed E-state index contributed by atoms with van der Waals surface area (Å²) in [6.07, 6.45) is -8.15. The van der Waals surface area contributed by atoms with E-state index in [1.807, 2.05) is 32.0 Å². The van der Waals surface area contributed by atoms with Gasteiger partial charge in [0.2, 0.25) is 5.43 Å². The summed E-state index contributed by atoms with van der Waals surface area (Å²) in [5, 5.41) is 48.5. The fraction of sp³-hybridized carbons (Fsp3) is 0.786. The molecular weight excluding hydrogens is 1050 g/mol. The molecular formula is C56H89N3O19S. The molecule has 4 aliphatic rings. The van der Waals surface area contributed by atoms with Crippen LogP contribution in [0.15, 0.2) is 23.1 Å². The lowest BCUT2D eigenvalue weighted by Gasteiger charge is -2.50. The maximum absolute atomic E-state index is 14.6. The first kappa shape index (κ1) is 64.6. The Bertz CT molecular complexity index is 2610. The van der Waals surface area contributed by atoms with E-state index in [2.05, 4.69) is 5.32 Å². The SMILES string of the molecule is CC[C@H]1OC(=O)[C@H](C)[C@@H](O[C@H]2C[C@@](C)(OC)[C@@H](OS(=O)(=O)CCNCCCc3cc4c5c(c3)c(=O)c(C(=O)O)cn5CCOC4)[C@H](C)O2)[C@H](C)[C@@H](O[C@@H]2O[C@H](C)C[C@H](N(C)C)[C@H]2O)[C@](C)(OC)C[C@@H](C)C(=O)[C@H](C)[C@@H](O)[C@]1(C)O.